The molecule has 1 atom stereocenters. The average molecular weight is 633 g/mol. The maximum absolute atomic E-state index is 6.55. The van der Waals surface area contributed by atoms with Crippen molar-refractivity contribution in [3.63, 3.8) is 0 Å². The summed E-state index contributed by atoms with van der Waals surface area (Å²) in [6.07, 6.45) is 9.29. The van der Waals surface area contributed by atoms with E-state index in [0.717, 1.165) is 37.1 Å². The number of nitrogens with zero attached hydrogens (tertiary/aromatic N) is 2. The van der Waals surface area contributed by atoms with Gasteiger partial charge in [-0.1, -0.05) is 84.0 Å². The number of para-hydroxylation sites is 1. The molecule has 0 fully saturated rings. The van der Waals surface area contributed by atoms with Gasteiger partial charge in [0, 0.05) is 22.4 Å². The van der Waals surface area contributed by atoms with Crippen LogP contribution in [0.4, 0.5) is 0 Å². The second kappa shape index (κ2) is 9.91. The molecule has 2 aliphatic heterocycles. The summed E-state index contributed by atoms with van der Waals surface area (Å²) in [5.74, 6) is 0. The van der Waals surface area contributed by atoms with Crippen LogP contribution in [0.1, 0.15) is 95.0 Å². The quantitative estimate of drug-likeness (QED) is 0.174. The van der Waals surface area contributed by atoms with Crippen LogP contribution in [0.15, 0.2) is 95.7 Å². The largest absolute Gasteiger partial charge is 0.456 e. The van der Waals surface area contributed by atoms with Gasteiger partial charge in [0.25, 0.3) is 0 Å². The summed E-state index contributed by atoms with van der Waals surface area (Å²) in [6, 6.07) is 30.1. The maximum atomic E-state index is 6.55. The van der Waals surface area contributed by atoms with E-state index in [1.807, 2.05) is 0 Å². The highest BCUT2D eigenvalue weighted by atomic mass is 16.3. The van der Waals surface area contributed by atoms with Gasteiger partial charge >= 0.3 is 0 Å². The normalized spacial score (nSPS) is 21.2. The van der Waals surface area contributed by atoms with E-state index in [1.54, 1.807) is 5.56 Å². The summed E-state index contributed by atoms with van der Waals surface area (Å²) in [5, 5.41) is 2.39. The Morgan fingerprint density at radius 3 is 2.10 bits per heavy atom. The number of rotatable bonds is 2. The molecule has 242 valence electrons. The Balaban J connectivity index is 1.46. The first-order chi connectivity index (χ1) is 23.0. The van der Waals surface area contributed by atoms with E-state index < -0.39 is 0 Å². The molecule has 3 aliphatic rings. The minimum absolute atomic E-state index is 0.0997. The lowest BCUT2D eigenvalue weighted by Crippen LogP contribution is -2.65. The lowest BCUT2D eigenvalue weighted by Gasteiger charge is -2.50. The van der Waals surface area contributed by atoms with E-state index >= 15 is 0 Å². The van der Waals surface area contributed by atoms with E-state index in [1.165, 1.54) is 68.4 Å². The topological polar surface area (TPSA) is 20.9 Å². The van der Waals surface area contributed by atoms with Crippen molar-refractivity contribution in [2.45, 2.75) is 109 Å². The van der Waals surface area contributed by atoms with Crippen molar-refractivity contribution < 1.29 is 13.6 Å². The Morgan fingerprint density at radius 1 is 0.646 bits per heavy atom. The molecule has 1 aliphatic carbocycles. The number of furan rings is 1. The Hall–Kier alpha value is -4.24. The smallest absolute Gasteiger partial charge is 0.216 e. The lowest BCUT2D eigenvalue weighted by atomic mass is 9.51. The van der Waals surface area contributed by atoms with E-state index in [9.17, 15) is 0 Å². The molecule has 3 aromatic heterocycles. The number of hydrogen-bond acceptors (Lipinski definition) is 1. The van der Waals surface area contributed by atoms with Crippen LogP contribution in [0.2, 0.25) is 0 Å². The molecule has 3 nitrogen and oxygen atoms in total. The van der Waals surface area contributed by atoms with Gasteiger partial charge in [-0.3, -0.25) is 0 Å². The monoisotopic (exact) mass is 632 g/mol. The van der Waals surface area contributed by atoms with Crippen molar-refractivity contribution in [1.29, 1.82) is 0 Å². The Morgan fingerprint density at radius 2 is 1.33 bits per heavy atom. The van der Waals surface area contributed by atoms with Crippen LogP contribution in [0.25, 0.3) is 44.5 Å². The van der Waals surface area contributed by atoms with Crippen LogP contribution in [0.3, 0.4) is 0 Å². The molecular formula is C45H48N2O+2. The molecule has 1 unspecified atom stereocenters. The molecule has 0 bridgehead atoms. The van der Waals surface area contributed by atoms with Crippen LogP contribution in [0, 0.1) is 6.92 Å². The molecule has 9 rings (SSSR count). The second-order valence-electron chi connectivity index (χ2n) is 16.5. The first-order valence-electron chi connectivity index (χ1n) is 18.2. The summed E-state index contributed by atoms with van der Waals surface area (Å²) in [6.45, 7) is 18.9. The molecular weight excluding hydrogens is 585 g/mol. The minimum Gasteiger partial charge on any atom is -0.456 e. The zero-order chi connectivity index (χ0) is 33.2. The number of aryl methyl sites for hydroxylation is 1. The number of benzene rings is 3. The highest BCUT2D eigenvalue weighted by molar-refractivity contribution is 6.04. The number of aromatic nitrogens is 2. The highest BCUT2D eigenvalue weighted by Crippen LogP contribution is 2.59. The molecule has 0 N–H and O–H groups in total. The van der Waals surface area contributed by atoms with Gasteiger partial charge in [0.15, 0.2) is 25.5 Å². The van der Waals surface area contributed by atoms with E-state index in [4.69, 9.17) is 4.42 Å². The van der Waals surface area contributed by atoms with Gasteiger partial charge in [-0.2, -0.15) is 9.13 Å². The average Bonchev–Trinajstić information content (AvgIpc) is 3.39. The standard InChI is InChI=1S/C45H48N2O/c1-8-44(9-2)34-18-12-10-17-31(34)41-29(3)15-14-22-46(41)27-45(44)28-47-26-33-30-16-11-13-19-39(30)48-40(33)25-38(47)32-23-36-37(24-35(32)45)43(6,7)21-20-42(36,4)5/h10-19,22-26H,8-9,20-21,27-28H2,1-7H3/q+2. The van der Waals surface area contributed by atoms with E-state index in [0.29, 0.717) is 0 Å². The predicted molar refractivity (Wildman–Crippen MR) is 195 cm³/mol. The Bertz CT molecular complexity index is 2300. The molecule has 3 aromatic carbocycles. The van der Waals surface area contributed by atoms with Crippen molar-refractivity contribution in [3.8, 4) is 22.5 Å². The molecule has 5 heterocycles. The van der Waals surface area contributed by atoms with Gasteiger partial charge in [-0.05, 0) is 90.0 Å². The van der Waals surface area contributed by atoms with Gasteiger partial charge < -0.3 is 4.42 Å². The number of hydrogen-bond donors (Lipinski definition) is 0. The summed E-state index contributed by atoms with van der Waals surface area (Å²) in [7, 11) is 0. The first kappa shape index (κ1) is 29.9. The molecule has 6 aromatic rings. The Labute approximate surface area is 285 Å². The van der Waals surface area contributed by atoms with Crippen LogP contribution < -0.4 is 9.13 Å². The van der Waals surface area contributed by atoms with Crippen molar-refractivity contribution >= 4 is 21.9 Å². The Kier molecular flexibility index (Phi) is 6.16. The minimum atomic E-state index is -0.205. The van der Waals surface area contributed by atoms with E-state index in [2.05, 4.69) is 149 Å². The summed E-state index contributed by atoms with van der Waals surface area (Å²) >= 11 is 0. The lowest BCUT2D eigenvalue weighted by molar-refractivity contribution is -0.734. The summed E-state index contributed by atoms with van der Waals surface area (Å²) < 4.78 is 11.8. The van der Waals surface area contributed by atoms with Crippen molar-refractivity contribution in [2.24, 2.45) is 0 Å². The zero-order valence-corrected chi connectivity index (χ0v) is 29.7. The fraction of sp³-hybridized carbons (Fsp3) is 0.378. The van der Waals surface area contributed by atoms with Crippen molar-refractivity contribution in [2.75, 3.05) is 0 Å². The van der Waals surface area contributed by atoms with Crippen LogP contribution in [-0.4, -0.2) is 0 Å². The maximum Gasteiger partial charge on any atom is 0.216 e. The third kappa shape index (κ3) is 3.76. The van der Waals surface area contributed by atoms with E-state index in [-0.39, 0.29) is 21.7 Å². The van der Waals surface area contributed by atoms with Gasteiger partial charge in [0.05, 0.1) is 22.6 Å². The predicted octanol–water partition coefficient (Wildman–Crippen LogP) is 10.2. The SMILES string of the molecule is CCC1(CC)c2ccccc2-c2c(C)ccc[n+]2CC12C[n+]1cc3c(cc1-c1cc4c(cc12)C(C)(C)CCC4(C)C)oc1ccccc13. The first-order valence-corrected chi connectivity index (χ1v) is 18.2. The molecule has 1 spiro atoms. The van der Waals surface area contributed by atoms with Gasteiger partial charge in [0.1, 0.15) is 16.6 Å². The fourth-order valence-corrected chi connectivity index (χ4v) is 10.5. The van der Waals surface area contributed by atoms with Gasteiger partial charge in [-0.25, -0.2) is 0 Å². The zero-order valence-electron chi connectivity index (χ0n) is 29.7. The van der Waals surface area contributed by atoms with Gasteiger partial charge in [-0.15, -0.1) is 0 Å². The fourth-order valence-electron chi connectivity index (χ4n) is 10.5. The molecule has 0 saturated heterocycles. The summed E-state index contributed by atoms with van der Waals surface area (Å²) in [4.78, 5) is 0. The van der Waals surface area contributed by atoms with Crippen LogP contribution >= 0.6 is 0 Å². The second-order valence-corrected chi connectivity index (χ2v) is 16.5. The highest BCUT2D eigenvalue weighted by Gasteiger charge is 2.62. The van der Waals surface area contributed by atoms with Gasteiger partial charge in [0.2, 0.25) is 11.4 Å². The number of fused-ring (bicyclic) bond motifs is 11. The molecule has 48 heavy (non-hydrogen) atoms. The van der Waals surface area contributed by atoms with Crippen molar-refractivity contribution in [1.82, 2.24) is 0 Å². The third-order valence-corrected chi connectivity index (χ3v) is 13.3. The molecule has 0 saturated carbocycles. The number of pyridine rings is 2. The summed E-state index contributed by atoms with van der Waals surface area (Å²) in [5.41, 5.74) is 14.7. The molecule has 3 heteroatoms. The molecule has 0 amide bonds. The van der Waals surface area contributed by atoms with Crippen molar-refractivity contribution in [3.05, 3.63) is 119 Å². The van der Waals surface area contributed by atoms with Crippen LogP contribution in [-0.2, 0) is 34.7 Å². The van der Waals surface area contributed by atoms with Crippen LogP contribution in [0.5, 0.6) is 0 Å². The molecule has 0 radical (unpaired) electrons. The third-order valence-electron chi connectivity index (χ3n) is 13.3.